The van der Waals surface area contributed by atoms with Gasteiger partial charge in [0.05, 0.1) is 18.8 Å². The molecule has 0 spiro atoms. The van der Waals surface area contributed by atoms with Crippen LogP contribution in [0, 0.1) is 0 Å². The van der Waals surface area contributed by atoms with E-state index in [9.17, 15) is 0 Å². The van der Waals surface area contributed by atoms with Crippen LogP contribution in [0.4, 0.5) is 0 Å². The van der Waals surface area contributed by atoms with Gasteiger partial charge in [-0.2, -0.15) is 0 Å². The van der Waals surface area contributed by atoms with E-state index in [2.05, 4.69) is 12.2 Å². The Labute approximate surface area is 105 Å². The molecule has 2 fully saturated rings. The lowest BCUT2D eigenvalue weighted by Gasteiger charge is -2.25. The van der Waals surface area contributed by atoms with E-state index in [-0.39, 0.29) is 0 Å². The predicted molar refractivity (Wildman–Crippen MR) is 69.3 cm³/mol. The van der Waals surface area contributed by atoms with Crippen LogP contribution in [0.1, 0.15) is 51.9 Å². The zero-order valence-electron chi connectivity index (χ0n) is 11.1. The Kier molecular flexibility index (Phi) is 5.75. The molecule has 0 aromatic heterocycles. The molecule has 17 heavy (non-hydrogen) atoms. The van der Waals surface area contributed by atoms with Gasteiger partial charge in [0.15, 0.2) is 0 Å². The van der Waals surface area contributed by atoms with Crippen LogP contribution in [-0.4, -0.2) is 38.0 Å². The van der Waals surface area contributed by atoms with Crippen molar-refractivity contribution >= 4 is 0 Å². The number of ether oxygens (including phenoxy) is 2. The third-order valence-electron chi connectivity index (χ3n) is 3.89. The third-order valence-corrected chi connectivity index (χ3v) is 3.89. The summed E-state index contributed by atoms with van der Waals surface area (Å²) in [4.78, 5) is 0. The van der Waals surface area contributed by atoms with Crippen molar-refractivity contribution in [1.29, 1.82) is 0 Å². The van der Waals surface area contributed by atoms with Crippen LogP contribution in [0.25, 0.3) is 0 Å². The van der Waals surface area contributed by atoms with E-state index in [0.717, 1.165) is 25.8 Å². The van der Waals surface area contributed by atoms with Gasteiger partial charge in [0, 0.05) is 19.2 Å². The third kappa shape index (κ3) is 4.94. The molecule has 0 radical (unpaired) electrons. The molecule has 2 atom stereocenters. The van der Waals surface area contributed by atoms with Gasteiger partial charge in [-0.25, -0.2) is 0 Å². The second kappa shape index (κ2) is 7.34. The minimum Gasteiger partial charge on any atom is -0.376 e. The van der Waals surface area contributed by atoms with Crippen molar-refractivity contribution in [1.82, 2.24) is 5.32 Å². The van der Waals surface area contributed by atoms with Gasteiger partial charge in [-0.3, -0.25) is 0 Å². The molecule has 0 amide bonds. The van der Waals surface area contributed by atoms with Crippen molar-refractivity contribution in [2.45, 2.75) is 70.1 Å². The summed E-state index contributed by atoms with van der Waals surface area (Å²) >= 11 is 0. The maximum absolute atomic E-state index is 5.83. The Balaban J connectivity index is 1.52. The van der Waals surface area contributed by atoms with Crippen LogP contribution < -0.4 is 5.32 Å². The summed E-state index contributed by atoms with van der Waals surface area (Å²) < 4.78 is 11.4. The Morgan fingerprint density at radius 2 is 2.00 bits per heavy atom. The quantitative estimate of drug-likeness (QED) is 0.775. The van der Waals surface area contributed by atoms with E-state index in [1.807, 2.05) is 0 Å². The summed E-state index contributed by atoms with van der Waals surface area (Å²) in [5.74, 6) is 0. The SMILES string of the molecule is CC(CNC1CCCCC1)OCC1CCCO1. The fourth-order valence-electron chi connectivity index (χ4n) is 2.75. The normalized spacial score (nSPS) is 28.4. The first-order chi connectivity index (χ1) is 8.34. The van der Waals surface area contributed by atoms with Crippen molar-refractivity contribution in [2.24, 2.45) is 0 Å². The standard InChI is InChI=1S/C14H27NO2/c1-12(17-11-14-8-5-9-16-14)10-15-13-6-3-2-4-7-13/h12-15H,2-11H2,1H3. The molecule has 100 valence electrons. The first-order valence-corrected chi connectivity index (χ1v) is 7.31. The fourth-order valence-corrected chi connectivity index (χ4v) is 2.75. The molecule has 0 aromatic rings. The fraction of sp³-hybridized carbons (Fsp3) is 1.00. The number of hydrogen-bond acceptors (Lipinski definition) is 3. The summed E-state index contributed by atoms with van der Waals surface area (Å²) in [7, 11) is 0. The van der Waals surface area contributed by atoms with Gasteiger partial charge in [-0.05, 0) is 32.6 Å². The predicted octanol–water partition coefficient (Wildman–Crippen LogP) is 2.49. The Morgan fingerprint density at radius 3 is 2.71 bits per heavy atom. The van der Waals surface area contributed by atoms with E-state index in [1.165, 1.54) is 44.9 Å². The second-order valence-corrected chi connectivity index (χ2v) is 5.52. The lowest BCUT2D eigenvalue weighted by molar-refractivity contribution is -0.0142. The van der Waals surface area contributed by atoms with Gasteiger partial charge >= 0.3 is 0 Å². The van der Waals surface area contributed by atoms with Gasteiger partial charge in [0.25, 0.3) is 0 Å². The van der Waals surface area contributed by atoms with Gasteiger partial charge in [-0.15, -0.1) is 0 Å². The van der Waals surface area contributed by atoms with E-state index in [0.29, 0.717) is 12.2 Å². The maximum Gasteiger partial charge on any atom is 0.0809 e. The average Bonchev–Trinajstić information content (AvgIpc) is 2.88. The molecule has 1 aliphatic heterocycles. The zero-order valence-corrected chi connectivity index (χ0v) is 11.1. The highest BCUT2D eigenvalue weighted by molar-refractivity contribution is 4.73. The van der Waals surface area contributed by atoms with Crippen LogP contribution in [-0.2, 0) is 9.47 Å². The summed E-state index contributed by atoms with van der Waals surface area (Å²) in [6.45, 7) is 4.83. The molecular formula is C14H27NO2. The maximum atomic E-state index is 5.83. The van der Waals surface area contributed by atoms with Gasteiger partial charge in [0.1, 0.15) is 0 Å². The van der Waals surface area contributed by atoms with E-state index in [4.69, 9.17) is 9.47 Å². The average molecular weight is 241 g/mol. The van der Waals surface area contributed by atoms with Crippen LogP contribution in [0.5, 0.6) is 0 Å². The van der Waals surface area contributed by atoms with Crippen molar-refractivity contribution in [3.8, 4) is 0 Å². The van der Waals surface area contributed by atoms with Crippen LogP contribution in [0.15, 0.2) is 0 Å². The summed E-state index contributed by atoms with van der Waals surface area (Å²) in [6, 6.07) is 0.734. The molecule has 3 nitrogen and oxygen atoms in total. The highest BCUT2D eigenvalue weighted by Gasteiger charge is 2.18. The summed E-state index contributed by atoms with van der Waals surface area (Å²) in [6.07, 6.45) is 9.92. The van der Waals surface area contributed by atoms with Crippen LogP contribution in [0.2, 0.25) is 0 Å². The Morgan fingerprint density at radius 1 is 1.18 bits per heavy atom. The van der Waals surface area contributed by atoms with Crippen molar-refractivity contribution in [2.75, 3.05) is 19.8 Å². The van der Waals surface area contributed by atoms with E-state index >= 15 is 0 Å². The van der Waals surface area contributed by atoms with E-state index in [1.54, 1.807) is 0 Å². The molecular weight excluding hydrogens is 214 g/mol. The molecule has 2 aliphatic rings. The molecule has 1 heterocycles. The topological polar surface area (TPSA) is 30.5 Å². The van der Waals surface area contributed by atoms with Crippen molar-refractivity contribution in [3.63, 3.8) is 0 Å². The monoisotopic (exact) mass is 241 g/mol. The molecule has 2 rings (SSSR count). The van der Waals surface area contributed by atoms with Crippen molar-refractivity contribution < 1.29 is 9.47 Å². The van der Waals surface area contributed by atoms with Crippen molar-refractivity contribution in [3.05, 3.63) is 0 Å². The number of hydrogen-bond donors (Lipinski definition) is 1. The number of rotatable bonds is 6. The largest absolute Gasteiger partial charge is 0.376 e. The highest BCUT2D eigenvalue weighted by Crippen LogP contribution is 2.17. The van der Waals surface area contributed by atoms with E-state index < -0.39 is 0 Å². The van der Waals surface area contributed by atoms with Gasteiger partial charge in [-0.1, -0.05) is 19.3 Å². The minimum atomic E-state index is 0.307. The van der Waals surface area contributed by atoms with Gasteiger partial charge in [0.2, 0.25) is 0 Å². The summed E-state index contributed by atoms with van der Waals surface area (Å²) in [5.41, 5.74) is 0. The molecule has 1 saturated carbocycles. The smallest absolute Gasteiger partial charge is 0.0809 e. The molecule has 1 N–H and O–H groups in total. The molecule has 0 bridgehead atoms. The Bertz CT molecular complexity index is 198. The van der Waals surface area contributed by atoms with Gasteiger partial charge < -0.3 is 14.8 Å². The molecule has 1 aliphatic carbocycles. The molecule has 1 saturated heterocycles. The number of nitrogens with one attached hydrogen (secondary N) is 1. The molecule has 3 heteroatoms. The first-order valence-electron chi connectivity index (χ1n) is 7.31. The highest BCUT2D eigenvalue weighted by atomic mass is 16.5. The summed E-state index contributed by atoms with van der Waals surface area (Å²) in [5, 5.41) is 3.63. The lowest BCUT2D eigenvalue weighted by atomic mass is 9.95. The molecule has 0 aromatic carbocycles. The second-order valence-electron chi connectivity index (χ2n) is 5.52. The van der Waals surface area contributed by atoms with Crippen LogP contribution in [0.3, 0.4) is 0 Å². The Hall–Kier alpha value is -0.120. The first kappa shape index (κ1) is 13.3. The molecule has 2 unspecified atom stereocenters. The van der Waals surface area contributed by atoms with Crippen LogP contribution >= 0.6 is 0 Å². The lowest BCUT2D eigenvalue weighted by Crippen LogP contribution is -2.37. The minimum absolute atomic E-state index is 0.307. The zero-order chi connectivity index (χ0) is 11.9.